The maximum atomic E-state index is 11.9. The van der Waals surface area contributed by atoms with Gasteiger partial charge in [-0.25, -0.2) is 8.42 Å². The normalized spacial score (nSPS) is 15.1. The van der Waals surface area contributed by atoms with Crippen LogP contribution in [0.25, 0.3) is 0 Å². The maximum Gasteiger partial charge on any atom is 0.183 e. The zero-order valence-electron chi connectivity index (χ0n) is 8.39. The van der Waals surface area contributed by atoms with Gasteiger partial charge < -0.3 is 4.90 Å². The first-order chi connectivity index (χ1) is 7.09. The van der Waals surface area contributed by atoms with Gasteiger partial charge in [0.25, 0.3) is 0 Å². The molecule has 0 amide bonds. The molecule has 0 N–H and O–H groups in total. The van der Waals surface area contributed by atoms with E-state index >= 15 is 0 Å². The molecule has 1 aromatic carbocycles. The molecule has 0 unspecified atom stereocenters. The summed E-state index contributed by atoms with van der Waals surface area (Å²) in [6, 6.07) is 8.49. The van der Waals surface area contributed by atoms with Crippen molar-refractivity contribution in [3.63, 3.8) is 0 Å². The minimum Gasteiger partial charge on any atom is -0.371 e. The van der Waals surface area contributed by atoms with Gasteiger partial charge in [0.15, 0.2) is 9.84 Å². The highest BCUT2D eigenvalue weighted by atomic mass is 32.2. The first kappa shape index (κ1) is 10.2. The maximum absolute atomic E-state index is 11.9. The van der Waals surface area contributed by atoms with E-state index in [1.807, 2.05) is 4.90 Å². The lowest BCUT2D eigenvalue weighted by molar-refractivity contribution is 0.592. The van der Waals surface area contributed by atoms with Crippen LogP contribution in [0.4, 0.5) is 0 Å². The highest BCUT2D eigenvalue weighted by molar-refractivity contribution is 7.91. The fourth-order valence-electron chi connectivity index (χ4n) is 1.39. The van der Waals surface area contributed by atoms with Crippen molar-refractivity contribution < 1.29 is 8.42 Å². The molecule has 0 aliphatic carbocycles. The van der Waals surface area contributed by atoms with Crippen LogP contribution in [-0.4, -0.2) is 32.2 Å². The van der Waals surface area contributed by atoms with Crippen LogP contribution in [0, 0.1) is 0 Å². The van der Waals surface area contributed by atoms with Crippen molar-refractivity contribution in [1.29, 1.82) is 0 Å². The lowest BCUT2D eigenvalue weighted by Crippen LogP contribution is -2.12. The molecule has 1 saturated heterocycles. The molecule has 0 atom stereocenters. The molecular weight excluding hydrogens is 210 g/mol. The molecule has 4 heteroatoms. The van der Waals surface area contributed by atoms with E-state index in [1.165, 1.54) is 0 Å². The SMILES string of the molecule is C=C(CS(=O)(=O)c1ccccc1)N1CC1. The van der Waals surface area contributed by atoms with Gasteiger partial charge in [0.2, 0.25) is 0 Å². The summed E-state index contributed by atoms with van der Waals surface area (Å²) in [5, 5.41) is 0. The van der Waals surface area contributed by atoms with Crippen LogP contribution in [0.5, 0.6) is 0 Å². The second-order valence-corrected chi connectivity index (χ2v) is 5.61. The van der Waals surface area contributed by atoms with E-state index < -0.39 is 9.84 Å². The molecule has 1 aliphatic rings. The van der Waals surface area contributed by atoms with Crippen LogP contribution in [0.2, 0.25) is 0 Å². The molecule has 0 spiro atoms. The Balaban J connectivity index is 2.16. The summed E-state index contributed by atoms with van der Waals surface area (Å²) in [6.07, 6.45) is 0. The van der Waals surface area contributed by atoms with Crippen molar-refractivity contribution in [3.05, 3.63) is 42.6 Å². The summed E-state index contributed by atoms with van der Waals surface area (Å²) < 4.78 is 23.8. The fourth-order valence-corrected chi connectivity index (χ4v) is 2.75. The number of rotatable bonds is 4. The molecule has 0 aromatic heterocycles. The van der Waals surface area contributed by atoms with Crippen molar-refractivity contribution in [2.45, 2.75) is 4.90 Å². The van der Waals surface area contributed by atoms with Crippen LogP contribution in [0.3, 0.4) is 0 Å². The summed E-state index contributed by atoms with van der Waals surface area (Å²) in [5.41, 5.74) is 0.693. The van der Waals surface area contributed by atoms with Crippen molar-refractivity contribution >= 4 is 9.84 Å². The molecule has 0 bridgehead atoms. The van der Waals surface area contributed by atoms with E-state index in [2.05, 4.69) is 6.58 Å². The standard InChI is InChI=1S/C11H13NO2S/c1-10(12-7-8-12)9-15(13,14)11-5-3-2-4-6-11/h2-6H,1,7-9H2. The van der Waals surface area contributed by atoms with Crippen LogP contribution in [-0.2, 0) is 9.84 Å². The van der Waals surface area contributed by atoms with Crippen molar-refractivity contribution in [1.82, 2.24) is 4.90 Å². The van der Waals surface area contributed by atoms with Crippen LogP contribution >= 0.6 is 0 Å². The van der Waals surface area contributed by atoms with Gasteiger partial charge in [-0.3, -0.25) is 0 Å². The molecule has 1 aliphatic heterocycles. The number of hydrogen-bond donors (Lipinski definition) is 0. The Morgan fingerprint density at radius 1 is 1.27 bits per heavy atom. The number of sulfone groups is 1. The molecular formula is C11H13NO2S. The molecule has 80 valence electrons. The molecule has 1 heterocycles. The fraction of sp³-hybridized carbons (Fsp3) is 0.273. The van der Waals surface area contributed by atoms with Gasteiger partial charge in [-0.1, -0.05) is 24.8 Å². The van der Waals surface area contributed by atoms with Crippen LogP contribution in [0.1, 0.15) is 0 Å². The van der Waals surface area contributed by atoms with E-state index in [9.17, 15) is 8.42 Å². The largest absolute Gasteiger partial charge is 0.371 e. The van der Waals surface area contributed by atoms with E-state index in [0.717, 1.165) is 13.1 Å². The molecule has 1 fully saturated rings. The monoisotopic (exact) mass is 223 g/mol. The van der Waals surface area contributed by atoms with Gasteiger partial charge in [-0.05, 0) is 12.1 Å². The third-order valence-corrected chi connectivity index (χ3v) is 4.06. The van der Waals surface area contributed by atoms with Gasteiger partial charge in [-0.15, -0.1) is 0 Å². The van der Waals surface area contributed by atoms with Crippen LogP contribution in [0.15, 0.2) is 47.5 Å². The van der Waals surface area contributed by atoms with Gasteiger partial charge in [-0.2, -0.15) is 0 Å². The molecule has 0 saturated carbocycles. The predicted molar refractivity (Wildman–Crippen MR) is 59.2 cm³/mol. The Kier molecular flexibility index (Phi) is 2.52. The van der Waals surface area contributed by atoms with Gasteiger partial charge >= 0.3 is 0 Å². The molecule has 0 radical (unpaired) electrons. The second kappa shape index (κ2) is 3.70. The smallest absolute Gasteiger partial charge is 0.183 e. The summed E-state index contributed by atoms with van der Waals surface area (Å²) in [5.74, 6) is 0.0248. The highest BCUT2D eigenvalue weighted by Crippen LogP contribution is 2.18. The van der Waals surface area contributed by atoms with E-state index in [0.29, 0.717) is 10.6 Å². The Bertz CT molecular complexity index is 461. The second-order valence-electron chi connectivity index (χ2n) is 3.63. The van der Waals surface area contributed by atoms with Crippen molar-refractivity contribution in [2.24, 2.45) is 0 Å². The topological polar surface area (TPSA) is 37.1 Å². The third kappa shape index (κ3) is 2.39. The van der Waals surface area contributed by atoms with Crippen molar-refractivity contribution in [2.75, 3.05) is 18.8 Å². The molecule has 1 aromatic rings. The molecule has 3 nitrogen and oxygen atoms in total. The third-order valence-electron chi connectivity index (χ3n) is 2.35. The summed E-state index contributed by atoms with van der Waals surface area (Å²) in [4.78, 5) is 2.33. The van der Waals surface area contributed by atoms with E-state index in [1.54, 1.807) is 30.3 Å². The Morgan fingerprint density at radius 3 is 2.40 bits per heavy atom. The highest BCUT2D eigenvalue weighted by Gasteiger charge is 2.24. The minimum absolute atomic E-state index is 0.0248. The lowest BCUT2D eigenvalue weighted by Gasteiger charge is -2.07. The van der Waals surface area contributed by atoms with E-state index in [4.69, 9.17) is 0 Å². The van der Waals surface area contributed by atoms with E-state index in [-0.39, 0.29) is 5.75 Å². The predicted octanol–water partition coefficient (Wildman–Crippen LogP) is 1.29. The Morgan fingerprint density at radius 2 is 1.87 bits per heavy atom. The van der Waals surface area contributed by atoms with Crippen molar-refractivity contribution in [3.8, 4) is 0 Å². The lowest BCUT2D eigenvalue weighted by atomic mass is 10.4. The zero-order chi connectivity index (χ0) is 10.9. The Hall–Kier alpha value is -1.29. The summed E-state index contributed by atoms with van der Waals surface area (Å²) >= 11 is 0. The van der Waals surface area contributed by atoms with Crippen LogP contribution < -0.4 is 0 Å². The average Bonchev–Trinajstić information content (AvgIpc) is 3.01. The summed E-state index contributed by atoms with van der Waals surface area (Å²) in [6.45, 7) is 5.64. The van der Waals surface area contributed by atoms with Gasteiger partial charge in [0, 0.05) is 18.8 Å². The summed E-state index contributed by atoms with van der Waals surface area (Å²) in [7, 11) is -3.21. The van der Waals surface area contributed by atoms with Gasteiger partial charge in [0.1, 0.15) is 0 Å². The number of benzene rings is 1. The zero-order valence-corrected chi connectivity index (χ0v) is 9.20. The minimum atomic E-state index is -3.21. The number of hydrogen-bond acceptors (Lipinski definition) is 3. The average molecular weight is 223 g/mol. The first-order valence-electron chi connectivity index (χ1n) is 4.80. The first-order valence-corrected chi connectivity index (χ1v) is 6.45. The van der Waals surface area contributed by atoms with Gasteiger partial charge in [0.05, 0.1) is 10.6 Å². The number of nitrogens with zero attached hydrogens (tertiary/aromatic N) is 1. The molecule has 2 rings (SSSR count). The molecule has 15 heavy (non-hydrogen) atoms. The quantitative estimate of drug-likeness (QED) is 0.722. The Labute approximate surface area is 89.9 Å².